The lowest BCUT2D eigenvalue weighted by Gasteiger charge is -2.09. The fraction of sp³-hybridized carbons (Fsp3) is 0.250. The third-order valence-corrected chi connectivity index (χ3v) is 2.77. The second-order valence-electron chi connectivity index (χ2n) is 4.26. The first-order chi connectivity index (χ1) is 8.74. The molecule has 2 heterocycles. The van der Waals surface area contributed by atoms with Crippen molar-refractivity contribution >= 4 is 11.5 Å². The molecule has 1 aliphatic carbocycles. The van der Waals surface area contributed by atoms with Crippen LogP contribution in [0.25, 0.3) is 11.4 Å². The van der Waals surface area contributed by atoms with Crippen LogP contribution in [0.3, 0.4) is 0 Å². The van der Waals surface area contributed by atoms with E-state index in [2.05, 4.69) is 20.3 Å². The SMILES string of the molecule is Nc1c(NC2CC2)ncnc1-c1ccc(F)cn1. The molecule has 0 aromatic carbocycles. The fourth-order valence-electron chi connectivity index (χ4n) is 1.65. The van der Waals surface area contributed by atoms with Gasteiger partial charge in [0.15, 0.2) is 5.82 Å². The van der Waals surface area contributed by atoms with Gasteiger partial charge in [0.1, 0.15) is 23.5 Å². The van der Waals surface area contributed by atoms with Gasteiger partial charge in [-0.2, -0.15) is 0 Å². The van der Waals surface area contributed by atoms with Crippen LogP contribution in [-0.2, 0) is 0 Å². The highest BCUT2D eigenvalue weighted by atomic mass is 19.1. The highest BCUT2D eigenvalue weighted by Gasteiger charge is 2.23. The van der Waals surface area contributed by atoms with Crippen LogP contribution in [0, 0.1) is 5.82 Å². The summed E-state index contributed by atoms with van der Waals surface area (Å²) in [6.45, 7) is 0. The number of aromatic nitrogens is 3. The number of hydrogen-bond acceptors (Lipinski definition) is 5. The Kier molecular flexibility index (Phi) is 2.55. The predicted molar refractivity (Wildman–Crippen MR) is 66.3 cm³/mol. The minimum atomic E-state index is -0.386. The van der Waals surface area contributed by atoms with Crippen LogP contribution < -0.4 is 11.1 Å². The van der Waals surface area contributed by atoms with Gasteiger partial charge in [-0.3, -0.25) is 4.98 Å². The number of nitrogens with zero attached hydrogens (tertiary/aromatic N) is 3. The van der Waals surface area contributed by atoms with E-state index in [0.29, 0.717) is 28.9 Å². The molecule has 18 heavy (non-hydrogen) atoms. The quantitative estimate of drug-likeness (QED) is 0.862. The number of hydrogen-bond donors (Lipinski definition) is 2. The van der Waals surface area contributed by atoms with Crippen molar-refractivity contribution in [1.29, 1.82) is 0 Å². The van der Waals surface area contributed by atoms with E-state index < -0.39 is 0 Å². The topological polar surface area (TPSA) is 76.7 Å². The Morgan fingerprint density at radius 1 is 1.22 bits per heavy atom. The molecule has 0 saturated heterocycles. The van der Waals surface area contributed by atoms with Gasteiger partial charge in [0.25, 0.3) is 0 Å². The number of pyridine rings is 1. The summed E-state index contributed by atoms with van der Waals surface area (Å²) >= 11 is 0. The molecule has 3 N–H and O–H groups in total. The zero-order valence-electron chi connectivity index (χ0n) is 9.60. The molecular weight excluding hydrogens is 233 g/mol. The monoisotopic (exact) mass is 245 g/mol. The van der Waals surface area contributed by atoms with Crippen molar-refractivity contribution in [1.82, 2.24) is 15.0 Å². The molecule has 3 rings (SSSR count). The van der Waals surface area contributed by atoms with E-state index in [4.69, 9.17) is 5.73 Å². The minimum absolute atomic E-state index is 0.386. The average molecular weight is 245 g/mol. The fourth-order valence-corrected chi connectivity index (χ4v) is 1.65. The zero-order valence-corrected chi connectivity index (χ0v) is 9.60. The summed E-state index contributed by atoms with van der Waals surface area (Å²) in [5, 5.41) is 3.23. The number of nitrogen functional groups attached to an aromatic ring is 1. The Morgan fingerprint density at radius 2 is 2.06 bits per heavy atom. The Morgan fingerprint density at radius 3 is 2.72 bits per heavy atom. The van der Waals surface area contributed by atoms with Crippen molar-refractivity contribution < 1.29 is 4.39 Å². The molecule has 0 spiro atoms. The average Bonchev–Trinajstić information content (AvgIpc) is 3.17. The summed E-state index contributed by atoms with van der Waals surface area (Å²) in [6, 6.07) is 3.34. The van der Waals surface area contributed by atoms with Crippen LogP contribution >= 0.6 is 0 Å². The lowest BCUT2D eigenvalue weighted by molar-refractivity contribution is 0.622. The van der Waals surface area contributed by atoms with Gasteiger partial charge in [-0.1, -0.05) is 0 Å². The van der Waals surface area contributed by atoms with Crippen LogP contribution in [0.15, 0.2) is 24.7 Å². The number of nitrogens with two attached hydrogens (primary N) is 1. The largest absolute Gasteiger partial charge is 0.394 e. The first kappa shape index (κ1) is 10.9. The predicted octanol–water partition coefficient (Wildman–Crippen LogP) is 1.83. The van der Waals surface area contributed by atoms with E-state index >= 15 is 0 Å². The second-order valence-corrected chi connectivity index (χ2v) is 4.26. The van der Waals surface area contributed by atoms with Gasteiger partial charge in [-0.05, 0) is 25.0 Å². The molecule has 0 aliphatic heterocycles. The highest BCUT2D eigenvalue weighted by molar-refractivity contribution is 5.78. The molecule has 0 unspecified atom stereocenters. The van der Waals surface area contributed by atoms with Crippen molar-refractivity contribution in [2.75, 3.05) is 11.1 Å². The van der Waals surface area contributed by atoms with Crippen molar-refractivity contribution in [3.05, 3.63) is 30.5 Å². The number of halogens is 1. The summed E-state index contributed by atoms with van der Waals surface area (Å²) in [6.07, 6.45) is 4.84. The van der Waals surface area contributed by atoms with Gasteiger partial charge < -0.3 is 11.1 Å². The molecule has 2 aromatic heterocycles. The maximum atomic E-state index is 12.8. The van der Waals surface area contributed by atoms with E-state index in [1.807, 2.05) is 0 Å². The van der Waals surface area contributed by atoms with Gasteiger partial charge in [0, 0.05) is 6.04 Å². The van der Waals surface area contributed by atoms with Crippen molar-refractivity contribution in [2.24, 2.45) is 0 Å². The van der Waals surface area contributed by atoms with E-state index in [9.17, 15) is 4.39 Å². The van der Waals surface area contributed by atoms with Crippen LogP contribution in [0.4, 0.5) is 15.9 Å². The van der Waals surface area contributed by atoms with Crippen molar-refractivity contribution in [3.63, 3.8) is 0 Å². The molecule has 1 fully saturated rings. The Labute approximate surface area is 103 Å². The standard InChI is InChI=1S/C12H12FN5/c13-7-1-4-9(15-5-7)11-10(14)12(17-6-16-11)18-8-2-3-8/h1,4-6,8H,2-3,14H2,(H,16,17,18). The van der Waals surface area contributed by atoms with Crippen LogP contribution in [0.2, 0.25) is 0 Å². The van der Waals surface area contributed by atoms with Gasteiger partial charge in [0.2, 0.25) is 0 Å². The third kappa shape index (κ3) is 2.09. The van der Waals surface area contributed by atoms with Gasteiger partial charge in [0.05, 0.1) is 11.9 Å². The molecule has 0 atom stereocenters. The minimum Gasteiger partial charge on any atom is -0.394 e. The molecule has 6 heteroatoms. The number of nitrogens with one attached hydrogen (secondary N) is 1. The van der Waals surface area contributed by atoms with E-state index in [1.54, 1.807) is 6.07 Å². The van der Waals surface area contributed by atoms with Gasteiger partial charge in [-0.15, -0.1) is 0 Å². The van der Waals surface area contributed by atoms with Crippen LogP contribution in [-0.4, -0.2) is 21.0 Å². The summed E-state index contributed by atoms with van der Waals surface area (Å²) in [5.41, 5.74) is 7.51. The first-order valence-corrected chi connectivity index (χ1v) is 5.73. The van der Waals surface area contributed by atoms with Crippen LogP contribution in [0.5, 0.6) is 0 Å². The van der Waals surface area contributed by atoms with Crippen molar-refractivity contribution in [2.45, 2.75) is 18.9 Å². The molecule has 92 valence electrons. The summed E-state index contributed by atoms with van der Waals surface area (Å²) < 4.78 is 12.8. The lowest BCUT2D eigenvalue weighted by Crippen LogP contribution is -2.08. The summed E-state index contributed by atoms with van der Waals surface area (Å²) in [7, 11) is 0. The molecule has 1 aliphatic rings. The molecular formula is C12H12FN5. The molecule has 0 radical (unpaired) electrons. The highest BCUT2D eigenvalue weighted by Crippen LogP contribution is 2.30. The number of rotatable bonds is 3. The smallest absolute Gasteiger partial charge is 0.153 e. The lowest BCUT2D eigenvalue weighted by atomic mass is 10.2. The van der Waals surface area contributed by atoms with E-state index in [-0.39, 0.29) is 5.82 Å². The van der Waals surface area contributed by atoms with Gasteiger partial charge in [-0.25, -0.2) is 14.4 Å². The van der Waals surface area contributed by atoms with Crippen LogP contribution in [0.1, 0.15) is 12.8 Å². The van der Waals surface area contributed by atoms with Crippen molar-refractivity contribution in [3.8, 4) is 11.4 Å². The zero-order chi connectivity index (χ0) is 12.5. The van der Waals surface area contributed by atoms with Gasteiger partial charge >= 0.3 is 0 Å². The molecule has 5 nitrogen and oxygen atoms in total. The Bertz CT molecular complexity index is 565. The normalized spacial score (nSPS) is 14.5. The first-order valence-electron chi connectivity index (χ1n) is 5.73. The molecule has 2 aromatic rings. The Balaban J connectivity index is 1.97. The second kappa shape index (κ2) is 4.21. The molecule has 0 bridgehead atoms. The maximum Gasteiger partial charge on any atom is 0.153 e. The third-order valence-electron chi connectivity index (χ3n) is 2.77. The maximum absolute atomic E-state index is 12.8. The van der Waals surface area contributed by atoms with E-state index in [1.165, 1.54) is 12.4 Å². The Hall–Kier alpha value is -2.24. The summed E-state index contributed by atoms with van der Waals surface area (Å²) in [5.74, 6) is 0.233. The number of anilines is 2. The molecule has 0 amide bonds. The van der Waals surface area contributed by atoms with E-state index in [0.717, 1.165) is 19.0 Å². The summed E-state index contributed by atoms with van der Waals surface area (Å²) in [4.78, 5) is 12.2. The molecule has 1 saturated carbocycles.